The number of nitrogens with zero attached hydrogens (tertiary/aromatic N) is 2. The maximum atomic E-state index is 12.9. The van der Waals surface area contributed by atoms with Crippen LogP contribution in [-0.4, -0.2) is 36.5 Å². The van der Waals surface area contributed by atoms with Crippen LogP contribution in [0.2, 0.25) is 0 Å². The molecule has 1 aromatic heterocycles. The van der Waals surface area contributed by atoms with Crippen molar-refractivity contribution >= 4 is 17.5 Å². The van der Waals surface area contributed by atoms with E-state index in [0.717, 1.165) is 5.56 Å². The van der Waals surface area contributed by atoms with Crippen molar-refractivity contribution in [2.24, 2.45) is 0 Å². The molecule has 7 heteroatoms. The molecule has 2 heterocycles. The Morgan fingerprint density at radius 1 is 1.14 bits per heavy atom. The van der Waals surface area contributed by atoms with Gasteiger partial charge >= 0.3 is 0 Å². The Balaban J connectivity index is 1.47. The summed E-state index contributed by atoms with van der Waals surface area (Å²) in [5.74, 6) is 1.31. The molecule has 0 spiro atoms. The third kappa shape index (κ3) is 3.99. The Kier molecular flexibility index (Phi) is 5.29. The van der Waals surface area contributed by atoms with E-state index >= 15 is 0 Å². The largest absolute Gasteiger partial charge is 0.477 e. The quantitative estimate of drug-likeness (QED) is 0.723. The Bertz CT molecular complexity index is 1020. The van der Waals surface area contributed by atoms with E-state index in [1.165, 1.54) is 0 Å². The van der Waals surface area contributed by atoms with Crippen molar-refractivity contribution in [1.29, 1.82) is 0 Å². The van der Waals surface area contributed by atoms with Gasteiger partial charge in [-0.3, -0.25) is 9.59 Å². The predicted octanol–water partition coefficient (Wildman–Crippen LogP) is 2.81. The van der Waals surface area contributed by atoms with Crippen molar-refractivity contribution in [3.05, 3.63) is 66.7 Å². The minimum Gasteiger partial charge on any atom is -0.477 e. The normalized spacial score (nSPS) is 15.3. The maximum absolute atomic E-state index is 12.9. The van der Waals surface area contributed by atoms with Crippen LogP contribution in [0.3, 0.4) is 0 Å². The van der Waals surface area contributed by atoms with E-state index in [4.69, 9.17) is 9.15 Å². The highest BCUT2D eigenvalue weighted by atomic mass is 16.5. The van der Waals surface area contributed by atoms with Crippen LogP contribution in [0.4, 0.5) is 5.69 Å². The lowest BCUT2D eigenvalue weighted by atomic mass is 10.1. The van der Waals surface area contributed by atoms with Gasteiger partial charge in [0.25, 0.3) is 5.91 Å². The summed E-state index contributed by atoms with van der Waals surface area (Å²) in [6, 6.07) is 16.9. The number of carbonyl (C=O) groups excluding carboxylic acids is 2. The van der Waals surface area contributed by atoms with Crippen molar-refractivity contribution in [2.75, 3.05) is 18.5 Å². The number of nitrogens with one attached hydrogen (secondary N) is 1. The summed E-state index contributed by atoms with van der Waals surface area (Å²) in [7, 11) is 1.55. The molecule has 0 bridgehead atoms. The Morgan fingerprint density at radius 3 is 2.69 bits per heavy atom. The highest BCUT2D eigenvalue weighted by molar-refractivity contribution is 5.97. The van der Waals surface area contributed by atoms with Crippen LogP contribution >= 0.6 is 0 Å². The molecule has 7 nitrogen and oxygen atoms in total. The van der Waals surface area contributed by atoms with Gasteiger partial charge in [0.2, 0.25) is 5.91 Å². The van der Waals surface area contributed by atoms with Crippen molar-refractivity contribution in [2.45, 2.75) is 18.9 Å². The number of oxazole rings is 1. The molecular weight excluding hydrogens is 370 g/mol. The van der Waals surface area contributed by atoms with Crippen molar-refractivity contribution in [1.82, 2.24) is 10.3 Å². The summed E-state index contributed by atoms with van der Waals surface area (Å²) in [6.07, 6.45) is 1.51. The smallest absolute Gasteiger partial charge is 0.262 e. The average molecular weight is 391 g/mol. The van der Waals surface area contributed by atoms with Crippen LogP contribution in [0, 0.1) is 0 Å². The Labute approximate surface area is 168 Å². The SMILES string of the molecule is CNC(=O)C1CN(C(=O)CCc2ncc(-c3ccccc3)o2)c2ccccc2O1. The average Bonchev–Trinajstić information content (AvgIpc) is 3.26. The number of anilines is 1. The van der Waals surface area contributed by atoms with Crippen LogP contribution in [0.1, 0.15) is 12.3 Å². The van der Waals surface area contributed by atoms with Crippen LogP contribution in [0.25, 0.3) is 11.3 Å². The lowest BCUT2D eigenvalue weighted by Crippen LogP contribution is -2.50. The van der Waals surface area contributed by atoms with E-state index < -0.39 is 6.10 Å². The number of hydrogen-bond acceptors (Lipinski definition) is 5. The molecule has 1 unspecified atom stereocenters. The Morgan fingerprint density at radius 2 is 1.90 bits per heavy atom. The van der Waals surface area contributed by atoms with E-state index in [-0.39, 0.29) is 24.8 Å². The summed E-state index contributed by atoms with van der Waals surface area (Å²) in [5.41, 5.74) is 1.60. The minimum atomic E-state index is -0.745. The zero-order valence-electron chi connectivity index (χ0n) is 16.0. The van der Waals surface area contributed by atoms with Gasteiger partial charge in [0.1, 0.15) is 5.75 Å². The van der Waals surface area contributed by atoms with Crippen LogP contribution in [-0.2, 0) is 16.0 Å². The minimum absolute atomic E-state index is 0.117. The predicted molar refractivity (Wildman–Crippen MR) is 108 cm³/mol. The zero-order chi connectivity index (χ0) is 20.2. The van der Waals surface area contributed by atoms with Crippen LogP contribution in [0.15, 0.2) is 65.2 Å². The molecule has 3 aromatic rings. The molecule has 2 aromatic carbocycles. The fourth-order valence-corrected chi connectivity index (χ4v) is 3.28. The molecule has 0 saturated carbocycles. The standard InChI is InChI=1S/C22H21N3O4/c1-23-22(27)19-14-25(16-9-5-6-10-17(16)28-19)21(26)12-11-20-24-13-18(29-20)15-7-3-2-4-8-15/h2-10,13,19H,11-12,14H2,1H3,(H,23,27). The number of fused-ring (bicyclic) bond motifs is 1. The van der Waals surface area contributed by atoms with Gasteiger partial charge in [-0.25, -0.2) is 4.98 Å². The van der Waals surface area contributed by atoms with Gasteiger partial charge in [0.15, 0.2) is 17.8 Å². The number of amides is 2. The number of aromatic nitrogens is 1. The molecule has 0 radical (unpaired) electrons. The van der Waals surface area contributed by atoms with Gasteiger partial charge in [-0.1, -0.05) is 42.5 Å². The molecule has 1 N–H and O–H groups in total. The van der Waals surface area contributed by atoms with Crippen LogP contribution < -0.4 is 15.0 Å². The summed E-state index contributed by atoms with van der Waals surface area (Å²) in [5, 5.41) is 2.57. The summed E-state index contributed by atoms with van der Waals surface area (Å²) in [4.78, 5) is 30.9. The van der Waals surface area contributed by atoms with Crippen LogP contribution in [0.5, 0.6) is 5.75 Å². The third-order valence-corrected chi connectivity index (χ3v) is 4.78. The Hall–Kier alpha value is -3.61. The first-order chi connectivity index (χ1) is 14.2. The first kappa shape index (κ1) is 18.7. The second-order valence-corrected chi connectivity index (χ2v) is 6.68. The number of likely N-dealkylation sites (N-methyl/N-ethyl adjacent to an activating group) is 1. The van der Waals surface area contributed by atoms with E-state index in [9.17, 15) is 9.59 Å². The van der Waals surface area contributed by atoms with Crippen molar-refractivity contribution in [3.8, 4) is 17.1 Å². The first-order valence-corrected chi connectivity index (χ1v) is 9.43. The molecular formula is C22H21N3O4. The number of aryl methyl sites for hydroxylation is 1. The highest BCUT2D eigenvalue weighted by Crippen LogP contribution is 2.33. The second kappa shape index (κ2) is 8.18. The number of benzene rings is 2. The first-order valence-electron chi connectivity index (χ1n) is 9.43. The molecule has 0 saturated heterocycles. The third-order valence-electron chi connectivity index (χ3n) is 4.78. The highest BCUT2D eigenvalue weighted by Gasteiger charge is 2.33. The number of carbonyl (C=O) groups is 2. The summed E-state index contributed by atoms with van der Waals surface area (Å²) in [6.45, 7) is 0.163. The number of rotatable bonds is 5. The summed E-state index contributed by atoms with van der Waals surface area (Å²) < 4.78 is 11.5. The second-order valence-electron chi connectivity index (χ2n) is 6.68. The van der Waals surface area contributed by atoms with Crippen molar-refractivity contribution < 1.29 is 18.7 Å². The fraction of sp³-hybridized carbons (Fsp3) is 0.227. The van der Waals surface area contributed by atoms with E-state index in [2.05, 4.69) is 10.3 Å². The van der Waals surface area contributed by atoms with Gasteiger partial charge in [-0.15, -0.1) is 0 Å². The van der Waals surface area contributed by atoms with Gasteiger partial charge in [0.05, 0.1) is 18.4 Å². The molecule has 1 atom stereocenters. The lowest BCUT2D eigenvalue weighted by Gasteiger charge is -2.34. The topological polar surface area (TPSA) is 84.7 Å². The van der Waals surface area contributed by atoms with Gasteiger partial charge in [0, 0.05) is 25.5 Å². The monoisotopic (exact) mass is 391 g/mol. The molecule has 148 valence electrons. The number of hydrogen-bond donors (Lipinski definition) is 1. The van der Waals surface area contributed by atoms with Crippen molar-refractivity contribution in [3.63, 3.8) is 0 Å². The molecule has 4 rings (SSSR count). The summed E-state index contributed by atoms with van der Waals surface area (Å²) >= 11 is 0. The van der Waals surface area contributed by atoms with E-state index in [1.54, 1.807) is 24.2 Å². The van der Waals surface area contributed by atoms with Gasteiger partial charge < -0.3 is 19.4 Å². The molecule has 1 aliphatic heterocycles. The molecule has 0 fully saturated rings. The van der Waals surface area contributed by atoms with E-state index in [0.29, 0.717) is 29.5 Å². The molecule has 0 aliphatic carbocycles. The van der Waals surface area contributed by atoms with Gasteiger partial charge in [-0.2, -0.15) is 0 Å². The van der Waals surface area contributed by atoms with Gasteiger partial charge in [-0.05, 0) is 12.1 Å². The fourth-order valence-electron chi connectivity index (χ4n) is 3.28. The number of para-hydroxylation sites is 2. The molecule has 2 amide bonds. The molecule has 29 heavy (non-hydrogen) atoms. The zero-order valence-corrected chi connectivity index (χ0v) is 16.0. The number of ether oxygens (including phenoxy) is 1. The van der Waals surface area contributed by atoms with E-state index in [1.807, 2.05) is 48.5 Å². The maximum Gasteiger partial charge on any atom is 0.262 e. The lowest BCUT2D eigenvalue weighted by molar-refractivity contribution is -0.127. The molecule has 1 aliphatic rings.